The van der Waals surface area contributed by atoms with E-state index >= 15 is 0 Å². The van der Waals surface area contributed by atoms with E-state index in [0.717, 1.165) is 49.8 Å². The molecule has 4 nitrogen and oxygen atoms in total. The van der Waals surface area contributed by atoms with Crippen LogP contribution in [0.2, 0.25) is 0 Å². The second kappa shape index (κ2) is 14.8. The molecule has 0 atom stereocenters. The molecule has 0 unspecified atom stereocenters. The molecule has 0 bridgehead atoms. The van der Waals surface area contributed by atoms with Gasteiger partial charge in [-0.2, -0.15) is 0 Å². The molecule has 0 radical (unpaired) electrons. The number of carbonyl (C=O) groups is 1. The van der Waals surface area contributed by atoms with Gasteiger partial charge in [-0.3, -0.25) is 0 Å². The van der Waals surface area contributed by atoms with Gasteiger partial charge in [0.05, 0.1) is 26.2 Å². The van der Waals surface area contributed by atoms with Gasteiger partial charge in [0.25, 0.3) is 0 Å². The van der Waals surface area contributed by atoms with Crippen LogP contribution >= 0.6 is 17.0 Å². The van der Waals surface area contributed by atoms with Gasteiger partial charge in [-0.1, -0.05) is 39.0 Å². The average Bonchev–Trinajstić information content (AvgIpc) is 3.34. The Bertz CT molecular complexity index is 360. The summed E-state index contributed by atoms with van der Waals surface area (Å²) >= 11 is 0. The van der Waals surface area contributed by atoms with Crippen molar-refractivity contribution in [2.45, 2.75) is 85.0 Å². The number of aliphatic carboxylic acids is 1. The van der Waals surface area contributed by atoms with Gasteiger partial charge in [-0.05, 0) is 57.8 Å². The highest BCUT2D eigenvalue weighted by atomic mass is 79.9. The van der Waals surface area contributed by atoms with Crippen molar-refractivity contribution in [1.29, 1.82) is 0 Å². The molecule has 0 aromatic heterocycles. The molecule has 0 spiro atoms. The van der Waals surface area contributed by atoms with Crippen LogP contribution in [-0.2, 0) is 4.79 Å². The summed E-state index contributed by atoms with van der Waals surface area (Å²) in [4.78, 5) is 11.2. The third-order valence-corrected chi connectivity index (χ3v) is 6.99. The summed E-state index contributed by atoms with van der Waals surface area (Å²) in [5.41, 5.74) is 0. The van der Waals surface area contributed by atoms with E-state index in [4.69, 9.17) is 5.11 Å². The molecule has 0 heterocycles. The number of likely N-dealkylation sites (N-methyl/N-ethyl adjacent to an activating group) is 1. The van der Waals surface area contributed by atoms with Crippen LogP contribution in [0.3, 0.4) is 0 Å². The Morgan fingerprint density at radius 3 is 1.70 bits per heavy atom. The molecule has 2 saturated carbocycles. The maximum atomic E-state index is 11.2. The lowest BCUT2D eigenvalue weighted by molar-refractivity contribution is -0.925. The van der Waals surface area contributed by atoms with Crippen LogP contribution in [0.4, 0.5) is 0 Å². The molecule has 1 N–H and O–H groups in total. The average molecular weight is 451 g/mol. The topological polar surface area (TPSA) is 60.4 Å². The predicted molar refractivity (Wildman–Crippen MR) is 116 cm³/mol. The maximum absolute atomic E-state index is 11.2. The molecule has 2 aliphatic rings. The van der Waals surface area contributed by atoms with E-state index in [2.05, 4.69) is 20.8 Å². The molecule has 27 heavy (non-hydrogen) atoms. The van der Waals surface area contributed by atoms with Gasteiger partial charge in [0.15, 0.2) is 0 Å². The number of carboxylic acid groups (broad SMARTS) is 1. The maximum Gasteiger partial charge on any atom is 0.102 e. The highest BCUT2D eigenvalue weighted by molar-refractivity contribution is 8.93. The summed E-state index contributed by atoms with van der Waals surface area (Å²) in [6.07, 6.45) is 11.9. The summed E-state index contributed by atoms with van der Waals surface area (Å²) in [5, 5.41) is 20.1. The van der Waals surface area contributed by atoms with E-state index in [9.17, 15) is 9.90 Å². The van der Waals surface area contributed by atoms with Gasteiger partial charge >= 0.3 is 0 Å². The van der Waals surface area contributed by atoms with Gasteiger partial charge in [0.2, 0.25) is 0 Å². The minimum Gasteiger partial charge on any atom is -0.550 e. The summed E-state index contributed by atoms with van der Waals surface area (Å²) in [6.45, 7) is 11.4. The SMILES string of the molecule is Br.CCCC[N+](CC)(CC)CCO.O=C([O-])C(C1CCCC1)C1CCCC1. The number of unbranched alkanes of at least 4 members (excludes halogenated alkanes) is 1. The summed E-state index contributed by atoms with van der Waals surface area (Å²) < 4.78 is 1.09. The standard InChI is InChI=1S/C12H20O2.C10H24NO.BrH/c13-12(14)11(9-5-1-2-6-9)10-7-3-4-8-10;1-4-7-8-11(5-2,6-3)9-10-12;/h9-11H,1-8H2,(H,13,14);12H,4-10H2,1-3H3;1H/q;+1;/p-1. The number of carbonyl (C=O) groups excluding carboxylic acids is 1. The summed E-state index contributed by atoms with van der Waals surface area (Å²) in [6, 6.07) is 0. The fourth-order valence-corrected chi connectivity index (χ4v) is 5.08. The zero-order chi connectivity index (χ0) is 19.4. The van der Waals surface area contributed by atoms with Crippen molar-refractivity contribution in [1.82, 2.24) is 0 Å². The van der Waals surface area contributed by atoms with E-state index in [-0.39, 0.29) is 22.9 Å². The van der Waals surface area contributed by atoms with E-state index in [1.165, 1.54) is 45.1 Å². The summed E-state index contributed by atoms with van der Waals surface area (Å²) in [7, 11) is 0. The molecule has 162 valence electrons. The summed E-state index contributed by atoms with van der Waals surface area (Å²) in [5.74, 6) is -0.0324. The van der Waals surface area contributed by atoms with Crippen molar-refractivity contribution in [3.63, 3.8) is 0 Å². The van der Waals surface area contributed by atoms with Crippen LogP contribution in [0.1, 0.15) is 85.0 Å². The third kappa shape index (κ3) is 8.82. The van der Waals surface area contributed by atoms with Crippen LogP contribution in [0.25, 0.3) is 0 Å². The lowest BCUT2D eigenvalue weighted by Crippen LogP contribution is -2.50. The Balaban J connectivity index is 0.000000491. The van der Waals surface area contributed by atoms with E-state index < -0.39 is 5.97 Å². The largest absolute Gasteiger partial charge is 0.550 e. The minimum atomic E-state index is -0.774. The van der Waals surface area contributed by atoms with E-state index in [1.54, 1.807) is 0 Å². The molecule has 5 heteroatoms. The van der Waals surface area contributed by atoms with Crippen molar-refractivity contribution in [3.8, 4) is 0 Å². The van der Waals surface area contributed by atoms with Crippen molar-refractivity contribution in [2.24, 2.45) is 17.8 Å². The van der Waals surface area contributed by atoms with Crippen molar-refractivity contribution < 1.29 is 19.5 Å². The highest BCUT2D eigenvalue weighted by Crippen LogP contribution is 2.41. The Kier molecular flexibility index (Phi) is 14.7. The molecule has 0 aromatic carbocycles. The quantitative estimate of drug-likeness (QED) is 0.513. The number of halogens is 1. The Morgan fingerprint density at radius 2 is 1.41 bits per heavy atom. The second-order valence-electron chi connectivity index (χ2n) is 8.43. The van der Waals surface area contributed by atoms with Gasteiger partial charge in [0, 0.05) is 11.9 Å². The minimum absolute atomic E-state index is 0. The molecule has 2 rings (SSSR count). The first-order chi connectivity index (χ1) is 12.5. The van der Waals surface area contributed by atoms with Crippen molar-refractivity contribution in [3.05, 3.63) is 0 Å². The Hall–Kier alpha value is -0.130. The number of aliphatic hydroxyl groups excluding tert-OH is 1. The van der Waals surface area contributed by atoms with E-state index in [1.807, 2.05) is 0 Å². The normalized spacial score (nSPS) is 18.3. The van der Waals surface area contributed by atoms with Crippen LogP contribution in [0.5, 0.6) is 0 Å². The first-order valence-corrected chi connectivity index (χ1v) is 11.2. The monoisotopic (exact) mass is 449 g/mol. The number of carboxylic acids is 1. The van der Waals surface area contributed by atoms with Crippen LogP contribution in [0.15, 0.2) is 0 Å². The molecular weight excluding hydrogens is 406 g/mol. The predicted octanol–water partition coefficient (Wildman–Crippen LogP) is 3.95. The highest BCUT2D eigenvalue weighted by Gasteiger charge is 2.33. The fraction of sp³-hybridized carbons (Fsp3) is 0.955. The zero-order valence-electron chi connectivity index (χ0n) is 18.0. The number of quaternary nitrogens is 1. The number of aliphatic hydroxyl groups is 1. The number of hydrogen-bond acceptors (Lipinski definition) is 3. The van der Waals surface area contributed by atoms with Crippen molar-refractivity contribution in [2.75, 3.05) is 32.8 Å². The fourth-order valence-electron chi connectivity index (χ4n) is 5.08. The van der Waals surface area contributed by atoms with Crippen LogP contribution in [0, 0.1) is 17.8 Å². The zero-order valence-corrected chi connectivity index (χ0v) is 19.7. The lowest BCUT2D eigenvalue weighted by atomic mass is 9.79. The smallest absolute Gasteiger partial charge is 0.102 e. The van der Waals surface area contributed by atoms with E-state index in [0.29, 0.717) is 18.4 Å². The number of nitrogens with zero attached hydrogens (tertiary/aromatic N) is 1. The molecule has 0 amide bonds. The lowest BCUT2D eigenvalue weighted by Gasteiger charge is -2.36. The molecule has 2 fully saturated rings. The second-order valence-corrected chi connectivity index (χ2v) is 8.43. The number of hydrogen-bond donors (Lipinski definition) is 1. The third-order valence-electron chi connectivity index (χ3n) is 6.99. The van der Waals surface area contributed by atoms with Gasteiger partial charge in [-0.25, -0.2) is 0 Å². The Morgan fingerprint density at radius 1 is 0.963 bits per heavy atom. The number of rotatable bonds is 10. The van der Waals surface area contributed by atoms with Crippen LogP contribution in [-0.4, -0.2) is 48.3 Å². The molecule has 2 aliphatic carbocycles. The molecule has 0 saturated heterocycles. The molecule has 0 aromatic rings. The Labute approximate surface area is 178 Å². The van der Waals surface area contributed by atoms with Crippen molar-refractivity contribution >= 4 is 23.0 Å². The first kappa shape index (κ1) is 26.9. The van der Waals surface area contributed by atoms with Crippen LogP contribution < -0.4 is 5.11 Å². The van der Waals surface area contributed by atoms with Gasteiger partial charge < -0.3 is 19.5 Å². The molecular formula is C22H44BrNO3. The van der Waals surface area contributed by atoms with Gasteiger partial charge in [0.1, 0.15) is 6.54 Å². The molecule has 0 aliphatic heterocycles. The first-order valence-electron chi connectivity index (χ1n) is 11.2. The van der Waals surface area contributed by atoms with Gasteiger partial charge in [-0.15, -0.1) is 17.0 Å².